The minimum Gasteiger partial charge on any atom is -0.437 e. The molecule has 1 aromatic heterocycles. The van der Waals surface area contributed by atoms with Gasteiger partial charge in [0, 0.05) is 0 Å². The molecule has 0 saturated carbocycles. The Hall–Kier alpha value is -3.76. The molecule has 0 spiro atoms. The van der Waals surface area contributed by atoms with E-state index in [2.05, 4.69) is 9.97 Å². The Morgan fingerprint density at radius 1 is 0.867 bits per heavy atom. The first-order valence-electron chi connectivity index (χ1n) is 9.19. The molecule has 0 aliphatic heterocycles. The average molecular weight is 415 g/mol. The fourth-order valence-corrected chi connectivity index (χ4v) is 4.36. The van der Waals surface area contributed by atoms with Gasteiger partial charge in [-0.25, -0.2) is 18.4 Å². The van der Waals surface area contributed by atoms with Gasteiger partial charge in [0.2, 0.25) is 15.7 Å². The third kappa shape index (κ3) is 3.73. The number of nitrogens with zero attached hydrogens (tertiary/aromatic N) is 3. The van der Waals surface area contributed by atoms with E-state index in [-0.39, 0.29) is 16.5 Å². The summed E-state index contributed by atoms with van der Waals surface area (Å²) in [6.45, 7) is 1.86. The largest absolute Gasteiger partial charge is 0.437 e. The Bertz CT molecular complexity index is 1350. The molecule has 3 aromatic carbocycles. The number of aromatic nitrogens is 2. The summed E-state index contributed by atoms with van der Waals surface area (Å²) in [5, 5.41) is 8.27. The number of aryl methyl sites for hydroxylation is 1. The van der Waals surface area contributed by atoms with Crippen LogP contribution in [0.15, 0.2) is 83.8 Å². The van der Waals surface area contributed by atoms with E-state index in [0.29, 0.717) is 16.8 Å². The van der Waals surface area contributed by atoms with Crippen molar-refractivity contribution in [3.8, 4) is 17.7 Å². The number of hydrogen-bond donors (Lipinski definition) is 0. The lowest BCUT2D eigenvalue weighted by atomic mass is 10.2. The van der Waals surface area contributed by atoms with Crippen molar-refractivity contribution in [1.29, 1.82) is 5.26 Å². The van der Waals surface area contributed by atoms with Crippen LogP contribution in [0, 0.1) is 18.3 Å². The molecule has 1 atom stereocenters. The van der Waals surface area contributed by atoms with Crippen LogP contribution in [-0.2, 0) is 9.84 Å². The normalized spacial score (nSPS) is 12.3. The van der Waals surface area contributed by atoms with E-state index in [4.69, 9.17) is 4.74 Å². The van der Waals surface area contributed by atoms with Crippen LogP contribution in [0.5, 0.6) is 11.6 Å². The lowest BCUT2D eigenvalue weighted by Crippen LogP contribution is -2.15. The monoisotopic (exact) mass is 415 g/mol. The molecule has 1 unspecified atom stereocenters. The van der Waals surface area contributed by atoms with E-state index >= 15 is 0 Å². The highest BCUT2D eigenvalue weighted by Gasteiger charge is 2.34. The third-order valence-corrected chi connectivity index (χ3v) is 6.43. The summed E-state index contributed by atoms with van der Waals surface area (Å²) in [6, 6.07) is 24.1. The molecule has 7 heteroatoms. The number of para-hydroxylation sites is 3. The Morgan fingerprint density at radius 3 is 2.10 bits per heavy atom. The minimum absolute atomic E-state index is 0.0119. The van der Waals surface area contributed by atoms with Gasteiger partial charge < -0.3 is 4.74 Å². The third-order valence-electron chi connectivity index (χ3n) is 4.55. The molecule has 0 bridgehead atoms. The zero-order chi connectivity index (χ0) is 21.1. The van der Waals surface area contributed by atoms with Crippen LogP contribution < -0.4 is 4.74 Å². The van der Waals surface area contributed by atoms with Crippen LogP contribution in [-0.4, -0.2) is 18.4 Å². The highest BCUT2D eigenvalue weighted by molar-refractivity contribution is 7.92. The molecule has 4 rings (SSSR count). The van der Waals surface area contributed by atoms with Crippen LogP contribution in [0.4, 0.5) is 0 Å². The molecule has 30 heavy (non-hydrogen) atoms. The van der Waals surface area contributed by atoms with Gasteiger partial charge in [-0.15, -0.1) is 0 Å². The SMILES string of the molecule is Cc1ccc(S(=O)(=O)C(C#N)c2nc3ccccc3nc2Oc2ccccc2)cc1. The van der Waals surface area contributed by atoms with Crippen LogP contribution >= 0.6 is 0 Å². The van der Waals surface area contributed by atoms with Crippen molar-refractivity contribution in [2.24, 2.45) is 0 Å². The first kappa shape index (κ1) is 19.6. The van der Waals surface area contributed by atoms with Crippen molar-refractivity contribution in [1.82, 2.24) is 9.97 Å². The molecule has 0 N–H and O–H groups in total. The summed E-state index contributed by atoms with van der Waals surface area (Å²) < 4.78 is 32.4. The van der Waals surface area contributed by atoms with Gasteiger partial charge in [-0.2, -0.15) is 5.26 Å². The highest BCUT2D eigenvalue weighted by atomic mass is 32.2. The second kappa shape index (κ2) is 7.93. The molecule has 0 aliphatic rings. The fraction of sp³-hybridized carbons (Fsp3) is 0.0870. The minimum atomic E-state index is -4.05. The summed E-state index contributed by atoms with van der Waals surface area (Å²) in [5.74, 6) is 0.454. The lowest BCUT2D eigenvalue weighted by molar-refractivity contribution is 0.455. The van der Waals surface area contributed by atoms with Gasteiger partial charge in [-0.05, 0) is 43.3 Å². The molecule has 0 saturated heterocycles. The summed E-state index contributed by atoms with van der Waals surface area (Å²) in [6.07, 6.45) is 0. The zero-order valence-electron chi connectivity index (χ0n) is 16.1. The summed E-state index contributed by atoms with van der Waals surface area (Å²) in [5.41, 5.74) is 1.89. The van der Waals surface area contributed by atoms with Gasteiger partial charge in [0.15, 0.2) is 5.25 Å². The number of nitriles is 1. The maximum absolute atomic E-state index is 13.3. The van der Waals surface area contributed by atoms with Crippen LogP contribution in [0.3, 0.4) is 0 Å². The smallest absolute Gasteiger partial charge is 0.244 e. The summed E-state index contributed by atoms with van der Waals surface area (Å²) in [4.78, 5) is 8.96. The standard InChI is InChI=1S/C23H17N3O3S/c1-16-11-13-18(14-12-16)30(27,28)21(15-24)22-23(29-17-7-3-2-4-8-17)26-20-10-6-5-9-19(20)25-22/h2-14,21H,1H3. The van der Waals surface area contributed by atoms with E-state index in [0.717, 1.165) is 5.56 Å². The molecule has 0 radical (unpaired) electrons. The van der Waals surface area contributed by atoms with Gasteiger partial charge in [0.25, 0.3) is 0 Å². The molecule has 0 fully saturated rings. The van der Waals surface area contributed by atoms with Crippen molar-refractivity contribution in [2.45, 2.75) is 17.1 Å². The average Bonchev–Trinajstić information content (AvgIpc) is 2.75. The Kier molecular flexibility index (Phi) is 5.17. The number of benzene rings is 3. The Balaban J connectivity index is 1.89. The van der Waals surface area contributed by atoms with E-state index in [1.807, 2.05) is 19.1 Å². The van der Waals surface area contributed by atoms with Crippen molar-refractivity contribution in [2.75, 3.05) is 0 Å². The molecular formula is C23H17N3O3S. The van der Waals surface area contributed by atoms with Crippen LogP contribution in [0.25, 0.3) is 11.0 Å². The van der Waals surface area contributed by atoms with Crippen molar-refractivity contribution < 1.29 is 13.2 Å². The topological polar surface area (TPSA) is 92.9 Å². The molecule has 148 valence electrons. The van der Waals surface area contributed by atoms with Gasteiger partial charge in [0.05, 0.1) is 22.0 Å². The molecule has 1 heterocycles. The number of fused-ring (bicyclic) bond motifs is 1. The van der Waals surface area contributed by atoms with E-state index in [1.165, 1.54) is 12.1 Å². The van der Waals surface area contributed by atoms with Crippen LogP contribution in [0.1, 0.15) is 16.5 Å². The van der Waals surface area contributed by atoms with Crippen molar-refractivity contribution in [3.63, 3.8) is 0 Å². The summed E-state index contributed by atoms with van der Waals surface area (Å²) in [7, 11) is -4.05. The number of hydrogen-bond acceptors (Lipinski definition) is 6. The van der Waals surface area contributed by atoms with Crippen molar-refractivity contribution >= 4 is 20.9 Å². The first-order chi connectivity index (χ1) is 14.5. The fourth-order valence-electron chi connectivity index (χ4n) is 2.99. The number of ether oxygens (including phenoxy) is 1. The van der Waals surface area contributed by atoms with E-state index in [1.54, 1.807) is 60.7 Å². The molecule has 0 amide bonds. The molecule has 4 aromatic rings. The zero-order valence-corrected chi connectivity index (χ0v) is 16.9. The summed E-state index contributed by atoms with van der Waals surface area (Å²) >= 11 is 0. The van der Waals surface area contributed by atoms with Gasteiger partial charge >= 0.3 is 0 Å². The van der Waals surface area contributed by atoms with Gasteiger partial charge in [0.1, 0.15) is 11.4 Å². The lowest BCUT2D eigenvalue weighted by Gasteiger charge is -2.15. The number of rotatable bonds is 5. The highest BCUT2D eigenvalue weighted by Crippen LogP contribution is 2.35. The van der Waals surface area contributed by atoms with E-state index < -0.39 is 15.1 Å². The van der Waals surface area contributed by atoms with Gasteiger partial charge in [-0.3, -0.25) is 0 Å². The van der Waals surface area contributed by atoms with E-state index in [9.17, 15) is 13.7 Å². The molecular weight excluding hydrogens is 398 g/mol. The van der Waals surface area contributed by atoms with Crippen molar-refractivity contribution in [3.05, 3.63) is 90.1 Å². The molecule has 6 nitrogen and oxygen atoms in total. The predicted molar refractivity (Wildman–Crippen MR) is 113 cm³/mol. The maximum atomic E-state index is 13.3. The maximum Gasteiger partial charge on any atom is 0.244 e. The van der Waals surface area contributed by atoms with Crippen LogP contribution in [0.2, 0.25) is 0 Å². The first-order valence-corrected chi connectivity index (χ1v) is 10.7. The quantitative estimate of drug-likeness (QED) is 0.466. The molecule has 0 aliphatic carbocycles. The Morgan fingerprint density at radius 2 is 1.47 bits per heavy atom. The van der Waals surface area contributed by atoms with Gasteiger partial charge in [-0.1, -0.05) is 48.0 Å². The second-order valence-electron chi connectivity index (χ2n) is 6.69. The second-order valence-corrected chi connectivity index (χ2v) is 8.72. The number of sulfone groups is 1. The predicted octanol–water partition coefficient (Wildman–Crippen LogP) is 4.77. The Labute approximate surface area is 174 Å².